The van der Waals surface area contributed by atoms with Crippen LogP contribution in [0.4, 0.5) is 4.79 Å². The first kappa shape index (κ1) is 25.5. The number of nitrogens with zero attached hydrogens (tertiary/aromatic N) is 1. The molecular weight excluding hydrogens is 514 g/mol. The van der Waals surface area contributed by atoms with Gasteiger partial charge < -0.3 is 23.4 Å². The maximum atomic E-state index is 13.4. The number of esters is 1. The molecule has 0 saturated carbocycles. The number of amides is 1. The van der Waals surface area contributed by atoms with Gasteiger partial charge in [0.05, 0.1) is 10.9 Å². The average Bonchev–Trinajstić information content (AvgIpc) is 3.47. The third-order valence-electron chi connectivity index (χ3n) is 7.05. The summed E-state index contributed by atoms with van der Waals surface area (Å²) >= 11 is 0. The van der Waals surface area contributed by atoms with Crippen molar-refractivity contribution in [3.05, 3.63) is 88.3 Å². The van der Waals surface area contributed by atoms with Gasteiger partial charge in [0.25, 0.3) is 0 Å². The zero-order chi connectivity index (χ0) is 27.6. The van der Waals surface area contributed by atoms with Gasteiger partial charge in [0, 0.05) is 12.6 Å². The molecule has 3 aromatic carbocycles. The molecule has 0 spiro atoms. The van der Waals surface area contributed by atoms with Crippen molar-refractivity contribution in [2.24, 2.45) is 0 Å². The summed E-state index contributed by atoms with van der Waals surface area (Å²) in [5, 5.41) is 0.349. The monoisotopic (exact) mass is 541 g/mol. The molecule has 204 valence electrons. The van der Waals surface area contributed by atoms with Crippen LogP contribution in [-0.4, -0.2) is 42.8 Å². The van der Waals surface area contributed by atoms with Gasteiger partial charge in [-0.05, 0) is 55.2 Å². The van der Waals surface area contributed by atoms with E-state index in [2.05, 4.69) is 0 Å². The molecule has 3 heterocycles. The summed E-state index contributed by atoms with van der Waals surface area (Å²) in [5.74, 6) is 1.28. The fourth-order valence-electron chi connectivity index (χ4n) is 5.10. The van der Waals surface area contributed by atoms with Gasteiger partial charge >= 0.3 is 12.1 Å². The van der Waals surface area contributed by atoms with E-state index in [1.54, 1.807) is 37.3 Å². The Morgan fingerprint density at radius 1 is 0.975 bits per heavy atom. The average molecular weight is 542 g/mol. The summed E-state index contributed by atoms with van der Waals surface area (Å²) in [5.41, 5.74) is 2.02. The molecule has 1 saturated heterocycles. The lowest BCUT2D eigenvalue weighted by atomic mass is 10.0. The van der Waals surface area contributed by atoms with Crippen LogP contribution < -0.4 is 19.6 Å². The minimum atomic E-state index is -0.759. The van der Waals surface area contributed by atoms with Crippen LogP contribution in [0.25, 0.3) is 22.1 Å². The summed E-state index contributed by atoms with van der Waals surface area (Å²) in [6, 6.07) is 18.6. The Morgan fingerprint density at radius 3 is 2.60 bits per heavy atom. The van der Waals surface area contributed by atoms with Gasteiger partial charge in [-0.1, -0.05) is 36.4 Å². The molecule has 0 bridgehead atoms. The van der Waals surface area contributed by atoms with Gasteiger partial charge in [-0.2, -0.15) is 0 Å². The van der Waals surface area contributed by atoms with E-state index in [-0.39, 0.29) is 17.8 Å². The molecule has 1 amide bonds. The zero-order valence-electron chi connectivity index (χ0n) is 21.9. The first-order valence-corrected chi connectivity index (χ1v) is 13.1. The quantitative estimate of drug-likeness (QED) is 0.249. The summed E-state index contributed by atoms with van der Waals surface area (Å²) < 4.78 is 28.3. The van der Waals surface area contributed by atoms with Crippen molar-refractivity contribution in [1.82, 2.24) is 4.90 Å². The summed E-state index contributed by atoms with van der Waals surface area (Å²) in [4.78, 5) is 40.6. The van der Waals surface area contributed by atoms with Gasteiger partial charge in [0.2, 0.25) is 5.43 Å². The van der Waals surface area contributed by atoms with Gasteiger partial charge in [-0.3, -0.25) is 9.69 Å². The second-order valence-corrected chi connectivity index (χ2v) is 9.69. The fraction of sp³-hybridized carbons (Fsp3) is 0.258. The maximum Gasteiger partial charge on any atom is 0.410 e. The number of aryl methyl sites for hydroxylation is 1. The lowest BCUT2D eigenvalue weighted by Crippen LogP contribution is -2.42. The van der Waals surface area contributed by atoms with Crippen molar-refractivity contribution >= 4 is 23.0 Å². The SMILES string of the molecule is Cc1oc2cc(OC(=O)[C@@H]3CCCN3C(=O)OCc3ccccc3)ccc2c(=O)c1-c1ccc2c(c1)OCCO2. The second kappa shape index (κ2) is 10.8. The Morgan fingerprint density at radius 2 is 1.77 bits per heavy atom. The molecule has 40 heavy (non-hydrogen) atoms. The summed E-state index contributed by atoms with van der Waals surface area (Å²) in [6.07, 6.45) is 0.573. The first-order valence-electron chi connectivity index (χ1n) is 13.1. The highest BCUT2D eigenvalue weighted by atomic mass is 16.6. The van der Waals surface area contributed by atoms with Crippen molar-refractivity contribution < 1.29 is 33.0 Å². The molecule has 6 rings (SSSR count). The molecule has 1 atom stereocenters. The number of hydrogen-bond donors (Lipinski definition) is 0. The summed E-state index contributed by atoms with van der Waals surface area (Å²) in [7, 11) is 0. The van der Waals surface area contributed by atoms with Crippen molar-refractivity contribution in [2.45, 2.75) is 32.4 Å². The maximum absolute atomic E-state index is 13.4. The van der Waals surface area contributed by atoms with E-state index in [1.165, 1.54) is 11.0 Å². The van der Waals surface area contributed by atoms with Crippen LogP contribution in [0.2, 0.25) is 0 Å². The molecule has 0 radical (unpaired) electrons. The predicted octanol–water partition coefficient (Wildman–Crippen LogP) is 5.25. The molecule has 0 aliphatic carbocycles. The third kappa shape index (κ3) is 4.98. The van der Waals surface area contributed by atoms with E-state index in [1.807, 2.05) is 30.3 Å². The van der Waals surface area contributed by atoms with E-state index in [4.69, 9.17) is 23.4 Å². The molecular formula is C31H27NO8. The molecule has 0 N–H and O–H groups in total. The van der Waals surface area contributed by atoms with Crippen LogP contribution in [0.1, 0.15) is 24.2 Å². The Hall–Kier alpha value is -4.79. The van der Waals surface area contributed by atoms with Crippen LogP contribution in [0, 0.1) is 6.92 Å². The second-order valence-electron chi connectivity index (χ2n) is 9.69. The topological polar surface area (TPSA) is 105 Å². The zero-order valence-corrected chi connectivity index (χ0v) is 21.9. The number of carbonyl (C=O) groups excluding carboxylic acids is 2. The standard InChI is InChI=1S/C31H27NO8/c1-19-28(21-9-12-25-27(16-21)37-15-14-36-25)29(33)23-11-10-22(17-26(23)39-19)40-30(34)24-8-5-13-32(24)31(35)38-18-20-6-3-2-4-7-20/h2-4,6-7,9-12,16-17,24H,5,8,13-15,18H2,1H3/t24-/m0/s1. The van der Waals surface area contributed by atoms with Gasteiger partial charge in [0.15, 0.2) is 11.5 Å². The molecule has 9 nitrogen and oxygen atoms in total. The van der Waals surface area contributed by atoms with Crippen LogP contribution in [-0.2, 0) is 16.1 Å². The minimum absolute atomic E-state index is 0.120. The van der Waals surface area contributed by atoms with Gasteiger partial charge in [-0.15, -0.1) is 0 Å². The Kier molecular flexibility index (Phi) is 6.86. The lowest BCUT2D eigenvalue weighted by molar-refractivity contribution is -0.139. The first-order chi connectivity index (χ1) is 19.5. The minimum Gasteiger partial charge on any atom is -0.486 e. The van der Waals surface area contributed by atoms with E-state index in [9.17, 15) is 14.4 Å². The number of rotatable bonds is 5. The molecule has 2 aliphatic heterocycles. The van der Waals surface area contributed by atoms with Crippen LogP contribution in [0.3, 0.4) is 0 Å². The Labute approximate surface area is 229 Å². The highest BCUT2D eigenvalue weighted by Crippen LogP contribution is 2.35. The smallest absolute Gasteiger partial charge is 0.410 e. The number of fused-ring (bicyclic) bond motifs is 2. The van der Waals surface area contributed by atoms with Gasteiger partial charge in [-0.25, -0.2) is 9.59 Å². The number of benzene rings is 3. The van der Waals surface area contributed by atoms with E-state index in [0.29, 0.717) is 72.0 Å². The van der Waals surface area contributed by atoms with Crippen LogP contribution in [0.15, 0.2) is 75.9 Å². The Balaban J connectivity index is 1.19. The molecule has 1 fully saturated rings. The number of carbonyl (C=O) groups is 2. The fourth-order valence-corrected chi connectivity index (χ4v) is 5.10. The normalized spacial score (nSPS) is 16.1. The van der Waals surface area contributed by atoms with Crippen LogP contribution >= 0.6 is 0 Å². The summed E-state index contributed by atoms with van der Waals surface area (Å²) in [6.45, 7) is 3.16. The van der Waals surface area contributed by atoms with Crippen molar-refractivity contribution in [3.63, 3.8) is 0 Å². The highest BCUT2D eigenvalue weighted by molar-refractivity contribution is 5.87. The third-order valence-corrected chi connectivity index (χ3v) is 7.05. The molecule has 9 heteroatoms. The van der Waals surface area contributed by atoms with Crippen molar-refractivity contribution in [2.75, 3.05) is 19.8 Å². The lowest BCUT2D eigenvalue weighted by Gasteiger charge is -2.22. The van der Waals surface area contributed by atoms with E-state index in [0.717, 1.165) is 5.56 Å². The molecule has 1 aromatic heterocycles. The Bertz CT molecular complexity index is 1640. The van der Waals surface area contributed by atoms with Gasteiger partial charge in [0.1, 0.15) is 43.0 Å². The predicted molar refractivity (Wildman–Crippen MR) is 146 cm³/mol. The molecule has 0 unspecified atom stereocenters. The molecule has 2 aliphatic rings. The molecule has 4 aromatic rings. The number of ether oxygens (including phenoxy) is 4. The van der Waals surface area contributed by atoms with Crippen LogP contribution in [0.5, 0.6) is 17.2 Å². The highest BCUT2D eigenvalue weighted by Gasteiger charge is 2.36. The van der Waals surface area contributed by atoms with E-state index >= 15 is 0 Å². The van der Waals surface area contributed by atoms with Crippen molar-refractivity contribution in [3.8, 4) is 28.4 Å². The number of hydrogen-bond acceptors (Lipinski definition) is 8. The number of likely N-dealkylation sites (tertiary alicyclic amines) is 1. The largest absolute Gasteiger partial charge is 0.486 e. The van der Waals surface area contributed by atoms with E-state index < -0.39 is 18.1 Å². The van der Waals surface area contributed by atoms with Crippen molar-refractivity contribution in [1.29, 1.82) is 0 Å².